The van der Waals surface area contributed by atoms with Gasteiger partial charge in [0.25, 0.3) is 5.91 Å². The Morgan fingerprint density at radius 3 is 2.43 bits per heavy atom. The Morgan fingerprint density at radius 1 is 1.13 bits per heavy atom. The maximum atomic E-state index is 12.9. The zero-order valence-electron chi connectivity index (χ0n) is 16.7. The fraction of sp³-hybridized carbons (Fsp3) is 0.182. The molecule has 1 amide bonds. The van der Waals surface area contributed by atoms with Gasteiger partial charge in [-0.25, -0.2) is 4.79 Å². The van der Waals surface area contributed by atoms with Crippen LogP contribution in [0.4, 0.5) is 5.69 Å². The van der Waals surface area contributed by atoms with E-state index in [9.17, 15) is 14.4 Å². The molecule has 154 valence electrons. The topological polar surface area (TPSA) is 106 Å². The van der Waals surface area contributed by atoms with Crippen LogP contribution in [-0.4, -0.2) is 35.3 Å². The molecule has 0 spiro atoms. The lowest BCUT2D eigenvalue weighted by Crippen LogP contribution is -2.21. The number of hydrogen-bond donors (Lipinski definition) is 1. The van der Waals surface area contributed by atoms with Crippen molar-refractivity contribution in [3.8, 4) is 11.5 Å². The van der Waals surface area contributed by atoms with Crippen molar-refractivity contribution in [2.75, 3.05) is 11.6 Å². The summed E-state index contributed by atoms with van der Waals surface area (Å²) in [6.07, 6.45) is 1.67. The van der Waals surface area contributed by atoms with Crippen molar-refractivity contribution >= 4 is 35.3 Å². The van der Waals surface area contributed by atoms with Gasteiger partial charge in [0.1, 0.15) is 0 Å². The number of benzene rings is 2. The second-order valence-electron chi connectivity index (χ2n) is 6.45. The van der Waals surface area contributed by atoms with Crippen LogP contribution in [0.2, 0.25) is 0 Å². The number of carbonyl (C=O) groups is 3. The average molecular weight is 408 g/mol. The molecule has 0 fully saturated rings. The molecule has 2 aromatic rings. The summed E-state index contributed by atoms with van der Waals surface area (Å²) in [7, 11) is 0. The number of nitrogens with zero attached hydrogens (tertiary/aromatic N) is 2. The Kier molecular flexibility index (Phi) is 5.96. The summed E-state index contributed by atoms with van der Waals surface area (Å²) < 4.78 is 10.7. The highest BCUT2D eigenvalue weighted by Crippen LogP contribution is 2.31. The van der Waals surface area contributed by atoms with Crippen LogP contribution >= 0.6 is 0 Å². The van der Waals surface area contributed by atoms with Gasteiger partial charge in [0.15, 0.2) is 11.5 Å². The van der Waals surface area contributed by atoms with Gasteiger partial charge < -0.3 is 14.6 Å². The van der Waals surface area contributed by atoms with Crippen molar-refractivity contribution in [1.29, 1.82) is 0 Å². The van der Waals surface area contributed by atoms with Crippen LogP contribution in [-0.2, 0) is 9.59 Å². The zero-order chi connectivity index (χ0) is 21.8. The quantitative estimate of drug-likeness (QED) is 0.445. The molecule has 1 heterocycles. The van der Waals surface area contributed by atoms with E-state index < -0.39 is 11.9 Å². The van der Waals surface area contributed by atoms with Crippen molar-refractivity contribution in [3.63, 3.8) is 0 Å². The summed E-state index contributed by atoms with van der Waals surface area (Å²) >= 11 is 0. The Balaban J connectivity index is 1.90. The highest BCUT2D eigenvalue weighted by molar-refractivity contribution is 6.32. The molecular weight excluding hydrogens is 388 g/mol. The monoisotopic (exact) mass is 408 g/mol. The van der Waals surface area contributed by atoms with Crippen LogP contribution in [0.3, 0.4) is 0 Å². The van der Waals surface area contributed by atoms with Gasteiger partial charge in [0, 0.05) is 6.92 Å². The smallest absolute Gasteiger partial charge is 0.335 e. The van der Waals surface area contributed by atoms with Crippen molar-refractivity contribution in [2.45, 2.75) is 20.8 Å². The lowest BCUT2D eigenvalue weighted by atomic mass is 10.1. The number of carboxylic acid groups (broad SMARTS) is 1. The van der Waals surface area contributed by atoms with Gasteiger partial charge in [-0.1, -0.05) is 6.07 Å². The highest BCUT2D eigenvalue weighted by atomic mass is 16.6. The second-order valence-corrected chi connectivity index (χ2v) is 6.45. The summed E-state index contributed by atoms with van der Waals surface area (Å²) in [5.41, 5.74) is 2.17. The maximum Gasteiger partial charge on any atom is 0.335 e. The van der Waals surface area contributed by atoms with E-state index in [0.717, 1.165) is 0 Å². The van der Waals surface area contributed by atoms with E-state index in [2.05, 4.69) is 5.10 Å². The number of aromatic carboxylic acids is 1. The van der Waals surface area contributed by atoms with Gasteiger partial charge >= 0.3 is 11.9 Å². The molecule has 3 rings (SSSR count). The SMILES string of the molecule is CCOc1cc(C=C2C(=O)N(c3ccc(C(=O)O)cc3)N=C2C)ccc1OC(C)=O. The number of esters is 1. The van der Waals surface area contributed by atoms with E-state index in [1.165, 1.54) is 36.2 Å². The first-order valence-electron chi connectivity index (χ1n) is 9.20. The number of anilines is 1. The Labute approximate surface area is 173 Å². The Morgan fingerprint density at radius 2 is 1.83 bits per heavy atom. The molecule has 0 radical (unpaired) electrons. The van der Waals surface area contributed by atoms with Crippen LogP contribution in [0, 0.1) is 0 Å². The molecule has 1 aliphatic rings. The first-order chi connectivity index (χ1) is 14.3. The zero-order valence-corrected chi connectivity index (χ0v) is 16.7. The number of carboxylic acids is 1. The third-order valence-corrected chi connectivity index (χ3v) is 4.25. The normalized spacial score (nSPS) is 14.6. The van der Waals surface area contributed by atoms with Crippen LogP contribution in [0.15, 0.2) is 53.1 Å². The molecule has 1 aliphatic heterocycles. The predicted octanol–water partition coefficient (Wildman–Crippen LogP) is 3.51. The predicted molar refractivity (Wildman–Crippen MR) is 111 cm³/mol. The molecule has 30 heavy (non-hydrogen) atoms. The van der Waals surface area contributed by atoms with Crippen molar-refractivity contribution in [3.05, 3.63) is 59.2 Å². The third kappa shape index (κ3) is 4.38. The Bertz CT molecular complexity index is 1070. The minimum absolute atomic E-state index is 0.123. The van der Waals surface area contributed by atoms with Crippen LogP contribution in [0.5, 0.6) is 11.5 Å². The summed E-state index contributed by atoms with van der Waals surface area (Å²) in [6, 6.07) is 10.9. The molecule has 0 bridgehead atoms. The lowest BCUT2D eigenvalue weighted by molar-refractivity contribution is -0.132. The molecule has 0 aliphatic carbocycles. The standard InChI is InChI=1S/C22H20N2O6/c1-4-29-20-12-15(5-10-19(20)30-14(3)25)11-18-13(2)23-24(21(18)26)17-8-6-16(7-9-17)22(27)28/h5-12H,4H2,1-3H3,(H,27,28). The van der Waals surface area contributed by atoms with Gasteiger partial charge in [-0.15, -0.1) is 0 Å². The van der Waals surface area contributed by atoms with E-state index in [1.807, 2.05) is 6.92 Å². The number of rotatable bonds is 6. The van der Waals surface area contributed by atoms with Gasteiger partial charge in [0.2, 0.25) is 0 Å². The summed E-state index contributed by atoms with van der Waals surface area (Å²) in [5, 5.41) is 14.5. The van der Waals surface area contributed by atoms with Crippen molar-refractivity contribution in [2.24, 2.45) is 5.10 Å². The number of amides is 1. The van der Waals surface area contributed by atoms with E-state index >= 15 is 0 Å². The van der Waals surface area contributed by atoms with Crippen LogP contribution in [0.25, 0.3) is 6.08 Å². The third-order valence-electron chi connectivity index (χ3n) is 4.25. The molecular formula is C22H20N2O6. The largest absolute Gasteiger partial charge is 0.490 e. The molecule has 0 unspecified atom stereocenters. The Hall–Kier alpha value is -3.94. The molecule has 1 N–H and O–H groups in total. The molecule has 0 saturated heterocycles. The van der Waals surface area contributed by atoms with E-state index in [1.54, 1.807) is 31.2 Å². The van der Waals surface area contributed by atoms with Gasteiger partial charge in [0.05, 0.1) is 29.1 Å². The first-order valence-corrected chi connectivity index (χ1v) is 9.20. The van der Waals surface area contributed by atoms with Gasteiger partial charge in [-0.3, -0.25) is 9.59 Å². The summed E-state index contributed by atoms with van der Waals surface area (Å²) in [4.78, 5) is 35.2. The molecule has 8 nitrogen and oxygen atoms in total. The number of hydrogen-bond acceptors (Lipinski definition) is 6. The molecule has 0 aromatic heterocycles. The molecule has 0 saturated carbocycles. The second kappa shape index (κ2) is 8.60. The minimum Gasteiger partial charge on any atom is -0.490 e. The maximum absolute atomic E-state index is 12.9. The fourth-order valence-electron chi connectivity index (χ4n) is 2.89. The number of ether oxygens (including phenoxy) is 2. The minimum atomic E-state index is -1.04. The van der Waals surface area contributed by atoms with Crippen molar-refractivity contribution in [1.82, 2.24) is 0 Å². The highest BCUT2D eigenvalue weighted by Gasteiger charge is 2.29. The molecule has 0 atom stereocenters. The van der Waals surface area contributed by atoms with Crippen LogP contribution < -0.4 is 14.5 Å². The van der Waals surface area contributed by atoms with E-state index in [0.29, 0.717) is 40.6 Å². The van der Waals surface area contributed by atoms with Gasteiger partial charge in [-0.05, 0) is 61.9 Å². The van der Waals surface area contributed by atoms with Gasteiger partial charge in [-0.2, -0.15) is 10.1 Å². The van der Waals surface area contributed by atoms with E-state index in [4.69, 9.17) is 14.6 Å². The lowest BCUT2D eigenvalue weighted by Gasteiger charge is -2.12. The molecule has 8 heteroatoms. The number of hydrazone groups is 1. The summed E-state index contributed by atoms with van der Waals surface area (Å²) in [6.45, 7) is 5.22. The average Bonchev–Trinajstić information content (AvgIpc) is 2.98. The van der Waals surface area contributed by atoms with Crippen molar-refractivity contribution < 1.29 is 29.0 Å². The fourth-order valence-corrected chi connectivity index (χ4v) is 2.89. The van der Waals surface area contributed by atoms with E-state index in [-0.39, 0.29) is 11.5 Å². The van der Waals surface area contributed by atoms with Crippen LogP contribution in [0.1, 0.15) is 36.7 Å². The molecule has 2 aromatic carbocycles. The summed E-state index contributed by atoms with van der Waals surface area (Å²) in [5.74, 6) is -1.15. The number of carbonyl (C=O) groups excluding carboxylic acids is 2. The first kappa shape index (κ1) is 20.8.